The number of nitrogens with zero attached hydrogens (tertiary/aromatic N) is 1. The van der Waals surface area contributed by atoms with Gasteiger partial charge in [0.05, 0.1) is 11.2 Å². The Morgan fingerprint density at radius 2 is 2.14 bits per heavy atom. The molecule has 0 fully saturated rings. The molecule has 0 unspecified atom stereocenters. The Morgan fingerprint density at radius 3 is 2.91 bits per heavy atom. The maximum atomic E-state index is 11.6. The fraction of sp³-hybridized carbons (Fsp3) is 0.0667. The molecule has 0 aliphatic carbocycles. The van der Waals surface area contributed by atoms with Crippen molar-refractivity contribution in [2.45, 2.75) is 0 Å². The maximum absolute atomic E-state index is 11.6. The molecule has 7 heteroatoms. The molecule has 0 aliphatic heterocycles. The predicted molar refractivity (Wildman–Crippen MR) is 88.5 cm³/mol. The van der Waals surface area contributed by atoms with Crippen molar-refractivity contribution in [2.24, 2.45) is 5.10 Å². The zero-order valence-electron chi connectivity index (χ0n) is 11.3. The summed E-state index contributed by atoms with van der Waals surface area (Å²) in [5, 5.41) is 13.8. The molecule has 2 aromatic carbocycles. The van der Waals surface area contributed by atoms with Crippen LogP contribution in [0.15, 0.2) is 52.0 Å². The van der Waals surface area contributed by atoms with Gasteiger partial charge in [-0.3, -0.25) is 4.79 Å². The molecular weight excluding hydrogens is 372 g/mol. The summed E-state index contributed by atoms with van der Waals surface area (Å²) in [6, 6.07) is 11.8. The summed E-state index contributed by atoms with van der Waals surface area (Å²) in [5.74, 6) is 0.0482. The number of hydrogen-bond acceptors (Lipinski definition) is 4. The molecule has 5 nitrogen and oxygen atoms in total. The van der Waals surface area contributed by atoms with Crippen molar-refractivity contribution in [2.75, 3.05) is 6.61 Å². The molecular formula is C15H12BrClN2O3. The predicted octanol–water partition coefficient (Wildman–Crippen LogP) is 3.34. The van der Waals surface area contributed by atoms with Crippen LogP contribution in [0.3, 0.4) is 0 Å². The van der Waals surface area contributed by atoms with E-state index in [4.69, 9.17) is 16.3 Å². The highest BCUT2D eigenvalue weighted by molar-refractivity contribution is 9.10. The average molecular weight is 384 g/mol. The number of hydrazone groups is 1. The van der Waals surface area contributed by atoms with Crippen LogP contribution < -0.4 is 10.2 Å². The monoisotopic (exact) mass is 382 g/mol. The van der Waals surface area contributed by atoms with E-state index in [2.05, 4.69) is 26.5 Å². The van der Waals surface area contributed by atoms with Gasteiger partial charge in [0.2, 0.25) is 0 Å². The van der Waals surface area contributed by atoms with Gasteiger partial charge >= 0.3 is 0 Å². The first-order valence-electron chi connectivity index (χ1n) is 6.24. The number of phenolic OH excluding ortho intramolecular Hbond substituents is 1. The molecule has 1 amide bonds. The van der Waals surface area contributed by atoms with E-state index in [0.717, 1.165) is 4.47 Å². The van der Waals surface area contributed by atoms with Crippen LogP contribution in [0, 0.1) is 0 Å². The number of carbonyl (C=O) groups is 1. The SMILES string of the molecule is O=C(COc1ccccc1Cl)N/N=C/c1cc(Br)ccc1O. The summed E-state index contributed by atoms with van der Waals surface area (Å²) in [7, 11) is 0. The van der Waals surface area contributed by atoms with E-state index in [-0.39, 0.29) is 12.4 Å². The van der Waals surface area contributed by atoms with Crippen LogP contribution in [0.1, 0.15) is 5.56 Å². The lowest BCUT2D eigenvalue weighted by Crippen LogP contribution is -2.24. The van der Waals surface area contributed by atoms with Crippen LogP contribution in [0.25, 0.3) is 0 Å². The maximum Gasteiger partial charge on any atom is 0.277 e. The Morgan fingerprint density at radius 1 is 1.36 bits per heavy atom. The number of phenols is 1. The standard InChI is InChI=1S/C15H12BrClN2O3/c16-11-5-6-13(20)10(7-11)8-18-19-15(21)9-22-14-4-2-1-3-12(14)17/h1-8,20H,9H2,(H,19,21)/b18-8+. The van der Waals surface area contributed by atoms with Crippen LogP contribution >= 0.6 is 27.5 Å². The number of nitrogens with one attached hydrogen (secondary N) is 1. The van der Waals surface area contributed by atoms with Crippen LogP contribution in [0.4, 0.5) is 0 Å². The number of aromatic hydroxyl groups is 1. The highest BCUT2D eigenvalue weighted by atomic mass is 79.9. The summed E-state index contributed by atoms with van der Waals surface area (Å²) in [5.41, 5.74) is 2.78. The molecule has 0 saturated heterocycles. The second kappa shape index (κ2) is 7.82. The third kappa shape index (κ3) is 4.75. The summed E-state index contributed by atoms with van der Waals surface area (Å²) in [6.45, 7) is -0.217. The first-order chi connectivity index (χ1) is 10.6. The lowest BCUT2D eigenvalue weighted by Gasteiger charge is -2.06. The third-order valence-electron chi connectivity index (χ3n) is 2.58. The Kier molecular flexibility index (Phi) is 5.80. The van der Waals surface area contributed by atoms with Gasteiger partial charge in [0.15, 0.2) is 6.61 Å². The Labute approximate surface area is 140 Å². The molecule has 2 N–H and O–H groups in total. The second-order valence-electron chi connectivity index (χ2n) is 4.22. The zero-order chi connectivity index (χ0) is 15.9. The summed E-state index contributed by atoms with van der Waals surface area (Å²) in [4.78, 5) is 11.6. The van der Waals surface area contributed by atoms with E-state index in [0.29, 0.717) is 16.3 Å². The number of para-hydroxylation sites is 1. The Bertz CT molecular complexity index is 707. The van der Waals surface area contributed by atoms with Gasteiger partial charge in [0.25, 0.3) is 5.91 Å². The Balaban J connectivity index is 1.86. The molecule has 0 spiro atoms. The van der Waals surface area contributed by atoms with E-state index in [1.54, 1.807) is 36.4 Å². The van der Waals surface area contributed by atoms with Gasteiger partial charge in [-0.15, -0.1) is 0 Å². The van der Waals surface area contributed by atoms with E-state index >= 15 is 0 Å². The van der Waals surface area contributed by atoms with Crippen LogP contribution in [-0.2, 0) is 4.79 Å². The average Bonchev–Trinajstić information content (AvgIpc) is 2.50. The summed E-state index contributed by atoms with van der Waals surface area (Å²) in [6.07, 6.45) is 1.34. The first kappa shape index (κ1) is 16.3. The lowest BCUT2D eigenvalue weighted by atomic mass is 10.2. The van der Waals surface area contributed by atoms with Gasteiger partial charge in [0.1, 0.15) is 11.5 Å². The normalized spacial score (nSPS) is 10.6. The van der Waals surface area contributed by atoms with Crippen molar-refractivity contribution in [1.82, 2.24) is 5.43 Å². The van der Waals surface area contributed by atoms with Crippen LogP contribution in [0.2, 0.25) is 5.02 Å². The number of benzene rings is 2. The fourth-order valence-electron chi connectivity index (χ4n) is 1.54. The van der Waals surface area contributed by atoms with Gasteiger partial charge in [0, 0.05) is 10.0 Å². The van der Waals surface area contributed by atoms with E-state index in [1.165, 1.54) is 12.3 Å². The van der Waals surface area contributed by atoms with Crippen molar-refractivity contribution in [3.05, 3.63) is 57.5 Å². The summed E-state index contributed by atoms with van der Waals surface area (Å²) < 4.78 is 6.06. The molecule has 0 atom stereocenters. The minimum absolute atomic E-state index is 0.0634. The fourth-order valence-corrected chi connectivity index (χ4v) is 2.11. The van der Waals surface area contributed by atoms with Crippen molar-refractivity contribution in [3.8, 4) is 11.5 Å². The molecule has 0 aliphatic rings. The summed E-state index contributed by atoms with van der Waals surface area (Å²) >= 11 is 9.19. The minimum atomic E-state index is -0.439. The molecule has 22 heavy (non-hydrogen) atoms. The highest BCUT2D eigenvalue weighted by Gasteiger charge is 2.04. The van der Waals surface area contributed by atoms with E-state index < -0.39 is 5.91 Å². The smallest absolute Gasteiger partial charge is 0.277 e. The first-order valence-corrected chi connectivity index (χ1v) is 7.41. The van der Waals surface area contributed by atoms with Gasteiger partial charge in [-0.05, 0) is 30.3 Å². The largest absolute Gasteiger partial charge is 0.507 e. The number of halogens is 2. The molecule has 0 aromatic heterocycles. The second-order valence-corrected chi connectivity index (χ2v) is 5.54. The number of hydrogen-bond donors (Lipinski definition) is 2. The van der Waals surface area contributed by atoms with E-state index in [1.807, 2.05) is 0 Å². The molecule has 0 bridgehead atoms. The molecule has 0 radical (unpaired) electrons. The highest BCUT2D eigenvalue weighted by Crippen LogP contribution is 2.22. The molecule has 0 heterocycles. The minimum Gasteiger partial charge on any atom is -0.507 e. The number of rotatable bonds is 5. The van der Waals surface area contributed by atoms with Gasteiger partial charge in [-0.1, -0.05) is 39.7 Å². The van der Waals surface area contributed by atoms with Crippen LogP contribution in [0.5, 0.6) is 11.5 Å². The van der Waals surface area contributed by atoms with Crippen molar-refractivity contribution >= 4 is 39.7 Å². The third-order valence-corrected chi connectivity index (χ3v) is 3.38. The van der Waals surface area contributed by atoms with E-state index in [9.17, 15) is 9.90 Å². The van der Waals surface area contributed by atoms with Crippen molar-refractivity contribution in [1.29, 1.82) is 0 Å². The molecule has 2 rings (SSSR count). The van der Waals surface area contributed by atoms with Crippen LogP contribution in [-0.4, -0.2) is 23.8 Å². The lowest BCUT2D eigenvalue weighted by molar-refractivity contribution is -0.123. The zero-order valence-corrected chi connectivity index (χ0v) is 13.6. The van der Waals surface area contributed by atoms with Crippen molar-refractivity contribution < 1.29 is 14.6 Å². The number of carbonyl (C=O) groups excluding carboxylic acids is 1. The van der Waals surface area contributed by atoms with Gasteiger partial charge in [-0.25, -0.2) is 5.43 Å². The quantitative estimate of drug-likeness (QED) is 0.614. The van der Waals surface area contributed by atoms with Crippen molar-refractivity contribution in [3.63, 3.8) is 0 Å². The van der Waals surface area contributed by atoms with Gasteiger partial charge in [-0.2, -0.15) is 5.10 Å². The Hall–Kier alpha value is -2.05. The topological polar surface area (TPSA) is 70.9 Å². The molecule has 2 aromatic rings. The molecule has 0 saturated carbocycles. The molecule has 114 valence electrons. The van der Waals surface area contributed by atoms with Gasteiger partial charge < -0.3 is 9.84 Å². The number of ether oxygens (including phenoxy) is 1. The number of amides is 1.